The molecule has 0 saturated carbocycles. The first-order chi connectivity index (χ1) is 9.19. The van der Waals surface area contributed by atoms with Crippen LogP contribution in [0, 0.1) is 0 Å². The smallest absolute Gasteiger partial charge is 0.252 e. The van der Waals surface area contributed by atoms with Crippen LogP contribution in [0.5, 0.6) is 0 Å². The van der Waals surface area contributed by atoms with Crippen molar-refractivity contribution in [3.63, 3.8) is 0 Å². The van der Waals surface area contributed by atoms with E-state index >= 15 is 0 Å². The van der Waals surface area contributed by atoms with E-state index in [-0.39, 0.29) is 5.56 Å². The maximum absolute atomic E-state index is 11.6. The van der Waals surface area contributed by atoms with Gasteiger partial charge in [0.25, 0.3) is 5.56 Å². The third-order valence-corrected chi connectivity index (χ3v) is 2.70. The number of nitrogens with one attached hydrogen (secondary N) is 1. The normalized spacial score (nSPS) is 10.4. The molecule has 5 nitrogen and oxygen atoms in total. The molecule has 0 bridgehead atoms. The standard InChI is InChI=1S/C14H17N3O2/c1-17(9-11-6-4-3-5-7-11)14-15-12(10-19-2)8-13(18)16-14/h3-8H,9-10H2,1-2H3,(H,15,16,18). The van der Waals surface area contributed by atoms with Gasteiger partial charge in [-0.05, 0) is 5.56 Å². The van der Waals surface area contributed by atoms with Crippen LogP contribution in [0.1, 0.15) is 11.3 Å². The Morgan fingerprint density at radius 1 is 1.32 bits per heavy atom. The lowest BCUT2D eigenvalue weighted by molar-refractivity contribution is 0.181. The Labute approximate surface area is 111 Å². The van der Waals surface area contributed by atoms with Crippen LogP contribution in [0.2, 0.25) is 0 Å². The molecule has 0 spiro atoms. The minimum absolute atomic E-state index is 0.169. The van der Waals surface area contributed by atoms with Crippen molar-refractivity contribution < 1.29 is 4.74 Å². The van der Waals surface area contributed by atoms with E-state index in [1.54, 1.807) is 7.11 Å². The fraction of sp³-hybridized carbons (Fsp3) is 0.286. The third-order valence-electron chi connectivity index (χ3n) is 2.70. The van der Waals surface area contributed by atoms with Crippen molar-refractivity contribution in [2.75, 3.05) is 19.1 Å². The Kier molecular flexibility index (Phi) is 4.30. The molecule has 1 heterocycles. The van der Waals surface area contributed by atoms with Crippen molar-refractivity contribution in [3.05, 3.63) is 58.0 Å². The fourth-order valence-corrected chi connectivity index (χ4v) is 1.83. The topological polar surface area (TPSA) is 58.2 Å². The predicted molar refractivity (Wildman–Crippen MR) is 74.1 cm³/mol. The van der Waals surface area contributed by atoms with Gasteiger partial charge >= 0.3 is 0 Å². The van der Waals surface area contributed by atoms with Crippen LogP contribution in [-0.2, 0) is 17.9 Å². The van der Waals surface area contributed by atoms with Crippen LogP contribution in [0.15, 0.2) is 41.2 Å². The van der Waals surface area contributed by atoms with Gasteiger partial charge in [-0.1, -0.05) is 30.3 Å². The Balaban J connectivity index is 2.19. The SMILES string of the molecule is COCc1cc(=O)[nH]c(N(C)Cc2ccccc2)n1. The summed E-state index contributed by atoms with van der Waals surface area (Å²) in [5.41, 5.74) is 1.61. The average molecular weight is 259 g/mol. The van der Waals surface area contributed by atoms with Crippen LogP contribution in [0.4, 0.5) is 5.95 Å². The van der Waals surface area contributed by atoms with Crippen LogP contribution >= 0.6 is 0 Å². The summed E-state index contributed by atoms with van der Waals surface area (Å²) in [5.74, 6) is 0.545. The first-order valence-corrected chi connectivity index (χ1v) is 6.03. The number of aromatic nitrogens is 2. The molecule has 0 radical (unpaired) electrons. The Bertz CT molecular complexity index is 581. The Morgan fingerprint density at radius 3 is 2.74 bits per heavy atom. The van der Waals surface area contributed by atoms with Gasteiger partial charge in [0.05, 0.1) is 12.3 Å². The van der Waals surface area contributed by atoms with E-state index in [1.807, 2.05) is 42.3 Å². The summed E-state index contributed by atoms with van der Waals surface area (Å²) < 4.78 is 5.00. The molecule has 0 amide bonds. The number of ether oxygens (including phenoxy) is 1. The number of hydrogen-bond donors (Lipinski definition) is 1. The van der Waals surface area contributed by atoms with E-state index in [0.29, 0.717) is 24.8 Å². The van der Waals surface area contributed by atoms with Crippen molar-refractivity contribution >= 4 is 5.95 Å². The molecule has 0 saturated heterocycles. The van der Waals surface area contributed by atoms with Gasteiger partial charge in [0.2, 0.25) is 5.95 Å². The van der Waals surface area contributed by atoms with Gasteiger partial charge < -0.3 is 9.64 Å². The largest absolute Gasteiger partial charge is 0.378 e. The zero-order valence-electron chi connectivity index (χ0n) is 11.1. The van der Waals surface area contributed by atoms with E-state index in [1.165, 1.54) is 6.07 Å². The molecule has 1 aromatic heterocycles. The molecule has 2 aromatic rings. The van der Waals surface area contributed by atoms with Crippen molar-refractivity contribution in [1.29, 1.82) is 0 Å². The summed E-state index contributed by atoms with van der Waals surface area (Å²) in [4.78, 5) is 20.6. The quantitative estimate of drug-likeness (QED) is 0.885. The van der Waals surface area contributed by atoms with E-state index in [0.717, 1.165) is 5.56 Å². The lowest BCUT2D eigenvalue weighted by Gasteiger charge is -2.18. The molecule has 0 aliphatic rings. The summed E-state index contributed by atoms with van der Waals surface area (Å²) in [5, 5.41) is 0. The predicted octanol–water partition coefficient (Wildman–Crippen LogP) is 1.55. The number of anilines is 1. The van der Waals surface area contributed by atoms with Crippen LogP contribution in [0.3, 0.4) is 0 Å². The van der Waals surface area contributed by atoms with Gasteiger partial charge in [-0.25, -0.2) is 4.98 Å². The molecule has 1 N–H and O–H groups in total. The van der Waals surface area contributed by atoms with Crippen molar-refractivity contribution in [2.24, 2.45) is 0 Å². The highest BCUT2D eigenvalue weighted by atomic mass is 16.5. The number of hydrogen-bond acceptors (Lipinski definition) is 4. The first-order valence-electron chi connectivity index (χ1n) is 6.03. The van der Waals surface area contributed by atoms with Gasteiger partial charge in [0, 0.05) is 26.8 Å². The first kappa shape index (κ1) is 13.3. The second-order valence-electron chi connectivity index (χ2n) is 4.34. The Morgan fingerprint density at radius 2 is 2.05 bits per heavy atom. The minimum Gasteiger partial charge on any atom is -0.378 e. The van der Waals surface area contributed by atoms with Crippen LogP contribution in [-0.4, -0.2) is 24.1 Å². The van der Waals surface area contributed by atoms with Crippen LogP contribution in [0.25, 0.3) is 0 Å². The molecule has 0 aliphatic heterocycles. The van der Waals surface area contributed by atoms with Gasteiger partial charge in [-0.15, -0.1) is 0 Å². The van der Waals surface area contributed by atoms with Gasteiger partial charge in [-0.3, -0.25) is 9.78 Å². The maximum atomic E-state index is 11.6. The van der Waals surface area contributed by atoms with E-state index in [2.05, 4.69) is 9.97 Å². The number of benzene rings is 1. The molecule has 1 aromatic carbocycles. The Hall–Kier alpha value is -2.14. The number of rotatable bonds is 5. The summed E-state index contributed by atoms with van der Waals surface area (Å²) in [6.45, 7) is 1.01. The van der Waals surface area contributed by atoms with Crippen molar-refractivity contribution in [1.82, 2.24) is 9.97 Å². The zero-order chi connectivity index (χ0) is 13.7. The highest BCUT2D eigenvalue weighted by molar-refractivity contribution is 5.31. The molecule has 2 rings (SSSR count). The highest BCUT2D eigenvalue weighted by Crippen LogP contribution is 2.09. The molecule has 19 heavy (non-hydrogen) atoms. The van der Waals surface area contributed by atoms with E-state index < -0.39 is 0 Å². The lowest BCUT2D eigenvalue weighted by atomic mass is 10.2. The number of H-pyrrole nitrogens is 1. The van der Waals surface area contributed by atoms with Crippen LogP contribution < -0.4 is 10.5 Å². The summed E-state index contributed by atoms with van der Waals surface area (Å²) in [6.07, 6.45) is 0. The summed E-state index contributed by atoms with van der Waals surface area (Å²) >= 11 is 0. The van der Waals surface area contributed by atoms with Gasteiger partial charge in [0.1, 0.15) is 0 Å². The number of methoxy groups -OCH3 is 1. The van der Waals surface area contributed by atoms with E-state index in [4.69, 9.17) is 4.74 Å². The van der Waals surface area contributed by atoms with E-state index in [9.17, 15) is 4.79 Å². The fourth-order valence-electron chi connectivity index (χ4n) is 1.83. The second-order valence-corrected chi connectivity index (χ2v) is 4.34. The average Bonchev–Trinajstić information content (AvgIpc) is 2.39. The van der Waals surface area contributed by atoms with Gasteiger partial charge in [-0.2, -0.15) is 0 Å². The zero-order valence-corrected chi connectivity index (χ0v) is 11.1. The molecule has 0 fully saturated rings. The van der Waals surface area contributed by atoms with Gasteiger partial charge in [0.15, 0.2) is 0 Å². The second kappa shape index (κ2) is 6.15. The number of nitrogens with zero attached hydrogens (tertiary/aromatic N) is 2. The maximum Gasteiger partial charge on any atom is 0.252 e. The molecular formula is C14H17N3O2. The highest BCUT2D eigenvalue weighted by Gasteiger charge is 2.07. The molecular weight excluding hydrogens is 242 g/mol. The lowest BCUT2D eigenvalue weighted by Crippen LogP contribution is -2.23. The third kappa shape index (κ3) is 3.66. The minimum atomic E-state index is -0.169. The monoisotopic (exact) mass is 259 g/mol. The van der Waals surface area contributed by atoms with Crippen molar-refractivity contribution in [2.45, 2.75) is 13.2 Å². The molecule has 0 atom stereocenters. The number of aromatic amines is 1. The molecule has 0 unspecified atom stereocenters. The summed E-state index contributed by atoms with van der Waals surface area (Å²) in [6, 6.07) is 11.5. The molecule has 5 heteroatoms. The summed E-state index contributed by atoms with van der Waals surface area (Å²) in [7, 11) is 3.47. The molecule has 0 aliphatic carbocycles. The van der Waals surface area contributed by atoms with Crippen molar-refractivity contribution in [3.8, 4) is 0 Å². The molecule has 100 valence electrons.